The van der Waals surface area contributed by atoms with Crippen molar-refractivity contribution in [2.45, 2.75) is 19.4 Å². The van der Waals surface area contributed by atoms with Crippen molar-refractivity contribution in [2.75, 3.05) is 19.5 Å². The van der Waals surface area contributed by atoms with Crippen LogP contribution in [0.4, 0.5) is 10.8 Å². The first-order valence-corrected chi connectivity index (χ1v) is 8.25. The monoisotopic (exact) mass is 347 g/mol. The first-order chi connectivity index (χ1) is 11.6. The number of carbonyl (C=O) groups is 2. The number of methoxy groups -OCH3 is 2. The molecule has 1 aliphatic rings. The van der Waals surface area contributed by atoms with E-state index in [1.807, 2.05) is 17.5 Å². The molecule has 2 heterocycles. The minimum Gasteiger partial charge on any atom is -0.497 e. The molecule has 1 fully saturated rings. The summed E-state index contributed by atoms with van der Waals surface area (Å²) in [7, 11) is 3.17. The molecule has 0 spiro atoms. The molecular formula is C16H17N3O4S. The van der Waals surface area contributed by atoms with Crippen LogP contribution in [-0.2, 0) is 16.1 Å². The highest BCUT2D eigenvalue weighted by atomic mass is 32.1. The first kappa shape index (κ1) is 16.3. The topological polar surface area (TPSA) is 80.8 Å². The van der Waals surface area contributed by atoms with Crippen molar-refractivity contribution in [1.82, 2.24) is 9.88 Å². The molecular weight excluding hydrogens is 330 g/mol. The van der Waals surface area contributed by atoms with E-state index in [0.29, 0.717) is 22.3 Å². The van der Waals surface area contributed by atoms with Crippen LogP contribution in [0, 0.1) is 0 Å². The summed E-state index contributed by atoms with van der Waals surface area (Å²) >= 11 is 1.40. The predicted molar refractivity (Wildman–Crippen MR) is 89.7 cm³/mol. The first-order valence-electron chi connectivity index (χ1n) is 7.37. The van der Waals surface area contributed by atoms with Crippen LogP contribution in [0.15, 0.2) is 23.6 Å². The minimum absolute atomic E-state index is 0.140. The molecule has 7 nitrogen and oxygen atoms in total. The van der Waals surface area contributed by atoms with Gasteiger partial charge in [0.25, 0.3) is 0 Å². The van der Waals surface area contributed by atoms with Gasteiger partial charge in [0.15, 0.2) is 5.13 Å². The standard InChI is InChI=1S/C16H17N3O4S/c1-22-11-3-4-12(13(7-11)23-2)18-16-17-10(9-24-16)8-19-14(20)5-6-15(19)21/h3-4,7,9H,5-6,8H2,1-2H3,(H,17,18). The molecule has 1 aromatic carbocycles. The van der Waals surface area contributed by atoms with Crippen LogP contribution in [0.5, 0.6) is 11.5 Å². The molecule has 0 bridgehead atoms. The average molecular weight is 347 g/mol. The normalized spacial score (nSPS) is 14.2. The fraction of sp³-hybridized carbons (Fsp3) is 0.312. The van der Waals surface area contributed by atoms with Gasteiger partial charge >= 0.3 is 0 Å². The lowest BCUT2D eigenvalue weighted by Gasteiger charge is -2.12. The van der Waals surface area contributed by atoms with Crippen molar-refractivity contribution in [2.24, 2.45) is 0 Å². The second-order valence-electron chi connectivity index (χ2n) is 5.21. The summed E-state index contributed by atoms with van der Waals surface area (Å²) in [6.07, 6.45) is 0.578. The predicted octanol–water partition coefficient (Wildman–Crippen LogP) is 2.55. The Balaban J connectivity index is 1.72. The Morgan fingerprint density at radius 1 is 1.21 bits per heavy atom. The zero-order valence-electron chi connectivity index (χ0n) is 13.4. The summed E-state index contributed by atoms with van der Waals surface area (Å²) in [5.41, 5.74) is 1.44. The van der Waals surface area contributed by atoms with Crippen LogP contribution in [0.2, 0.25) is 0 Å². The van der Waals surface area contributed by atoms with Gasteiger partial charge in [-0.05, 0) is 12.1 Å². The number of rotatable bonds is 6. The number of anilines is 2. The number of imide groups is 1. The van der Waals surface area contributed by atoms with Gasteiger partial charge in [-0.3, -0.25) is 14.5 Å². The van der Waals surface area contributed by atoms with Crippen LogP contribution in [-0.4, -0.2) is 35.9 Å². The number of aromatic nitrogens is 1. The van der Waals surface area contributed by atoms with Crippen LogP contribution in [0.3, 0.4) is 0 Å². The number of hydrogen-bond donors (Lipinski definition) is 1. The molecule has 1 saturated heterocycles. The maximum atomic E-state index is 11.7. The van der Waals surface area contributed by atoms with E-state index in [1.165, 1.54) is 16.2 Å². The molecule has 0 unspecified atom stereocenters. The molecule has 1 aromatic heterocycles. The Labute approximate surface area is 143 Å². The summed E-state index contributed by atoms with van der Waals surface area (Å²) < 4.78 is 10.5. The number of benzene rings is 1. The number of thiazole rings is 1. The van der Waals surface area contributed by atoms with Crippen molar-refractivity contribution >= 4 is 34.0 Å². The highest BCUT2D eigenvalue weighted by molar-refractivity contribution is 7.13. The Bertz CT molecular complexity index is 758. The number of amides is 2. The van der Waals surface area contributed by atoms with E-state index in [9.17, 15) is 9.59 Å². The largest absolute Gasteiger partial charge is 0.497 e. The third-order valence-electron chi connectivity index (χ3n) is 3.68. The van der Waals surface area contributed by atoms with Gasteiger partial charge in [0.05, 0.1) is 32.1 Å². The zero-order valence-corrected chi connectivity index (χ0v) is 14.2. The third kappa shape index (κ3) is 3.33. The molecule has 8 heteroatoms. The molecule has 126 valence electrons. The maximum absolute atomic E-state index is 11.7. The van der Waals surface area contributed by atoms with Crippen LogP contribution in [0.1, 0.15) is 18.5 Å². The van der Waals surface area contributed by atoms with Gasteiger partial charge in [0.2, 0.25) is 11.8 Å². The number of carbonyl (C=O) groups excluding carboxylic acids is 2. The van der Waals surface area contributed by atoms with Crippen LogP contribution in [0.25, 0.3) is 0 Å². The number of nitrogens with one attached hydrogen (secondary N) is 1. The SMILES string of the molecule is COc1ccc(Nc2nc(CN3C(=O)CCC3=O)cs2)c(OC)c1. The van der Waals surface area contributed by atoms with Crippen molar-refractivity contribution in [3.05, 3.63) is 29.3 Å². The van der Waals surface area contributed by atoms with E-state index in [2.05, 4.69) is 10.3 Å². The van der Waals surface area contributed by atoms with Crippen molar-refractivity contribution < 1.29 is 19.1 Å². The number of ether oxygens (including phenoxy) is 2. The lowest BCUT2D eigenvalue weighted by atomic mass is 10.3. The molecule has 1 aliphatic heterocycles. The molecule has 0 aliphatic carbocycles. The highest BCUT2D eigenvalue weighted by Crippen LogP contribution is 2.32. The smallest absolute Gasteiger partial charge is 0.230 e. The van der Waals surface area contributed by atoms with Gasteiger partial charge in [-0.25, -0.2) is 4.98 Å². The van der Waals surface area contributed by atoms with E-state index in [0.717, 1.165) is 5.69 Å². The molecule has 0 atom stereocenters. The van der Waals surface area contributed by atoms with E-state index in [1.54, 1.807) is 20.3 Å². The quantitative estimate of drug-likeness (QED) is 0.809. The summed E-state index contributed by atoms with van der Waals surface area (Å²) in [6, 6.07) is 5.44. The summed E-state index contributed by atoms with van der Waals surface area (Å²) in [5, 5.41) is 5.67. The van der Waals surface area contributed by atoms with E-state index in [4.69, 9.17) is 9.47 Å². The maximum Gasteiger partial charge on any atom is 0.230 e. The Hall–Kier alpha value is -2.61. The van der Waals surface area contributed by atoms with E-state index < -0.39 is 0 Å². The number of nitrogens with zero attached hydrogens (tertiary/aromatic N) is 2. The molecule has 2 aromatic rings. The fourth-order valence-electron chi connectivity index (χ4n) is 2.42. The van der Waals surface area contributed by atoms with Gasteiger partial charge in [-0.2, -0.15) is 0 Å². The van der Waals surface area contributed by atoms with Gasteiger partial charge in [0, 0.05) is 24.3 Å². The molecule has 0 saturated carbocycles. The van der Waals surface area contributed by atoms with Crippen molar-refractivity contribution in [1.29, 1.82) is 0 Å². The van der Waals surface area contributed by atoms with Crippen molar-refractivity contribution in [3.63, 3.8) is 0 Å². The summed E-state index contributed by atoms with van der Waals surface area (Å²) in [4.78, 5) is 29.0. The Morgan fingerprint density at radius 3 is 2.62 bits per heavy atom. The van der Waals surface area contributed by atoms with E-state index in [-0.39, 0.29) is 31.2 Å². The molecule has 2 amide bonds. The summed E-state index contributed by atoms with van der Waals surface area (Å²) in [6.45, 7) is 0.218. The third-order valence-corrected chi connectivity index (χ3v) is 4.48. The Morgan fingerprint density at radius 2 is 1.96 bits per heavy atom. The second kappa shape index (κ2) is 6.88. The molecule has 24 heavy (non-hydrogen) atoms. The average Bonchev–Trinajstić information content (AvgIpc) is 3.16. The van der Waals surface area contributed by atoms with Crippen LogP contribution >= 0.6 is 11.3 Å². The molecule has 3 rings (SSSR count). The second-order valence-corrected chi connectivity index (χ2v) is 6.07. The highest BCUT2D eigenvalue weighted by Gasteiger charge is 2.29. The summed E-state index contributed by atoms with van der Waals surface area (Å²) in [5.74, 6) is 1.05. The van der Waals surface area contributed by atoms with Crippen molar-refractivity contribution in [3.8, 4) is 11.5 Å². The lowest BCUT2D eigenvalue weighted by Crippen LogP contribution is -2.28. The van der Waals surface area contributed by atoms with Gasteiger partial charge < -0.3 is 14.8 Å². The van der Waals surface area contributed by atoms with E-state index >= 15 is 0 Å². The molecule has 1 N–H and O–H groups in total. The zero-order chi connectivity index (χ0) is 17.1. The Kier molecular flexibility index (Phi) is 4.66. The lowest BCUT2D eigenvalue weighted by molar-refractivity contribution is -0.139. The molecule has 0 radical (unpaired) electrons. The van der Waals surface area contributed by atoms with Crippen LogP contribution < -0.4 is 14.8 Å². The number of likely N-dealkylation sites (tertiary alicyclic amines) is 1. The fourth-order valence-corrected chi connectivity index (χ4v) is 3.13. The number of hydrogen-bond acceptors (Lipinski definition) is 7. The van der Waals surface area contributed by atoms with Gasteiger partial charge in [-0.1, -0.05) is 0 Å². The minimum atomic E-state index is -0.140. The van der Waals surface area contributed by atoms with Gasteiger partial charge in [0.1, 0.15) is 11.5 Å². The van der Waals surface area contributed by atoms with Gasteiger partial charge in [-0.15, -0.1) is 11.3 Å².